The number of halogens is 1. The molecular formula is C8H9ClSi. The molecule has 0 bridgehead atoms. The predicted molar refractivity (Wildman–Crippen MR) is 47.2 cm³/mol. The van der Waals surface area contributed by atoms with Gasteiger partial charge in [-0.15, -0.1) is 0 Å². The van der Waals surface area contributed by atoms with E-state index < -0.39 is 0 Å². The Morgan fingerprint density at radius 2 is 1.90 bits per heavy atom. The first-order chi connectivity index (χ1) is 4.74. The molecule has 0 aromatic heterocycles. The van der Waals surface area contributed by atoms with Gasteiger partial charge in [0.1, 0.15) is 0 Å². The van der Waals surface area contributed by atoms with Crippen molar-refractivity contribution in [2.24, 2.45) is 0 Å². The molecule has 52 valence electrons. The van der Waals surface area contributed by atoms with Gasteiger partial charge in [-0.25, -0.2) is 0 Å². The highest BCUT2D eigenvalue weighted by Gasteiger charge is 1.94. The van der Waals surface area contributed by atoms with E-state index in [1.165, 1.54) is 16.3 Å². The van der Waals surface area contributed by atoms with Crippen molar-refractivity contribution in [1.82, 2.24) is 0 Å². The van der Waals surface area contributed by atoms with Gasteiger partial charge in [-0.3, -0.25) is 0 Å². The van der Waals surface area contributed by atoms with Crippen molar-refractivity contribution in [3.8, 4) is 0 Å². The van der Waals surface area contributed by atoms with Gasteiger partial charge in [-0.2, -0.15) is 11.1 Å². The third-order valence-corrected chi connectivity index (χ3v) is 2.80. The zero-order valence-corrected chi connectivity index (χ0v) is 7.87. The smallest absolute Gasteiger partial charge is 0.165 e. The molecule has 1 aromatic rings. The minimum atomic E-state index is 0.395. The molecule has 0 atom stereocenters. The van der Waals surface area contributed by atoms with Crippen LogP contribution >= 0.6 is 11.1 Å². The standard InChI is InChI=1S/C8H9ClSi/c1-6-3-4-8(10-9)5-7(6)2/h3-5H,1-2H3. The summed E-state index contributed by atoms with van der Waals surface area (Å²) in [6, 6.07) is 6.33. The first kappa shape index (κ1) is 7.83. The topological polar surface area (TPSA) is 0 Å². The molecule has 0 unspecified atom stereocenters. The fourth-order valence-corrected chi connectivity index (χ4v) is 1.57. The van der Waals surface area contributed by atoms with Gasteiger partial charge in [0.25, 0.3) is 0 Å². The predicted octanol–water partition coefficient (Wildman–Crippen LogP) is 1.79. The van der Waals surface area contributed by atoms with Crippen LogP contribution in [-0.2, 0) is 0 Å². The van der Waals surface area contributed by atoms with Gasteiger partial charge in [0.2, 0.25) is 8.83 Å². The summed E-state index contributed by atoms with van der Waals surface area (Å²) in [6.07, 6.45) is 0. The molecule has 0 fully saturated rings. The quantitative estimate of drug-likeness (QED) is 0.443. The van der Waals surface area contributed by atoms with Crippen LogP contribution in [-0.4, -0.2) is 8.83 Å². The molecule has 0 aliphatic carbocycles. The Morgan fingerprint density at radius 1 is 1.20 bits per heavy atom. The van der Waals surface area contributed by atoms with Crippen molar-refractivity contribution >= 4 is 25.1 Å². The Balaban J connectivity index is 3.04. The summed E-state index contributed by atoms with van der Waals surface area (Å²) in [6.45, 7) is 4.21. The maximum atomic E-state index is 5.68. The zero-order chi connectivity index (χ0) is 7.56. The van der Waals surface area contributed by atoms with Gasteiger partial charge in [0.05, 0.1) is 0 Å². The summed E-state index contributed by atoms with van der Waals surface area (Å²) < 4.78 is 0. The highest BCUT2D eigenvalue weighted by Crippen LogP contribution is 2.02. The van der Waals surface area contributed by atoms with Gasteiger partial charge < -0.3 is 0 Å². The van der Waals surface area contributed by atoms with Crippen molar-refractivity contribution in [3.63, 3.8) is 0 Å². The van der Waals surface area contributed by atoms with E-state index in [0.717, 1.165) is 0 Å². The molecule has 1 aromatic carbocycles. The van der Waals surface area contributed by atoms with E-state index in [2.05, 4.69) is 32.0 Å². The van der Waals surface area contributed by atoms with Crippen molar-refractivity contribution in [2.45, 2.75) is 13.8 Å². The molecule has 0 saturated heterocycles. The highest BCUT2D eigenvalue weighted by molar-refractivity contribution is 7.01. The van der Waals surface area contributed by atoms with Crippen LogP contribution in [0.3, 0.4) is 0 Å². The first-order valence-electron chi connectivity index (χ1n) is 3.18. The number of hydrogen-bond acceptors (Lipinski definition) is 0. The molecule has 0 amide bonds. The van der Waals surface area contributed by atoms with E-state index in [1.807, 2.05) is 0 Å². The van der Waals surface area contributed by atoms with Crippen LogP contribution in [0.4, 0.5) is 0 Å². The molecule has 2 heteroatoms. The number of rotatable bonds is 1. The van der Waals surface area contributed by atoms with Gasteiger partial charge in [0.15, 0.2) is 0 Å². The third kappa shape index (κ3) is 1.61. The van der Waals surface area contributed by atoms with Crippen LogP contribution < -0.4 is 5.19 Å². The molecule has 0 saturated carbocycles. The van der Waals surface area contributed by atoms with E-state index in [-0.39, 0.29) is 0 Å². The summed E-state index contributed by atoms with van der Waals surface area (Å²) in [7, 11) is 0.395. The van der Waals surface area contributed by atoms with Crippen LogP contribution in [0.25, 0.3) is 0 Å². The average Bonchev–Trinajstić information content (AvgIpc) is 1.95. The monoisotopic (exact) mass is 168 g/mol. The lowest BCUT2D eigenvalue weighted by molar-refractivity contribution is 1.35. The molecule has 1 rings (SSSR count). The fraction of sp³-hybridized carbons (Fsp3) is 0.250. The van der Waals surface area contributed by atoms with Crippen molar-refractivity contribution < 1.29 is 0 Å². The minimum Gasteiger partial charge on any atom is -0.165 e. The van der Waals surface area contributed by atoms with Gasteiger partial charge in [-0.1, -0.05) is 18.2 Å². The lowest BCUT2D eigenvalue weighted by Crippen LogP contribution is -2.08. The Morgan fingerprint density at radius 3 is 2.40 bits per heavy atom. The van der Waals surface area contributed by atoms with Crippen LogP contribution in [0, 0.1) is 13.8 Å². The van der Waals surface area contributed by atoms with Crippen LogP contribution in [0.2, 0.25) is 0 Å². The van der Waals surface area contributed by atoms with E-state index in [4.69, 9.17) is 11.1 Å². The summed E-state index contributed by atoms with van der Waals surface area (Å²) in [5.74, 6) is 0. The molecular weight excluding hydrogens is 160 g/mol. The molecule has 10 heavy (non-hydrogen) atoms. The first-order valence-corrected chi connectivity index (χ1v) is 5.19. The van der Waals surface area contributed by atoms with E-state index in [9.17, 15) is 0 Å². The Bertz CT molecular complexity index is 233. The highest BCUT2D eigenvalue weighted by atomic mass is 35.6. The van der Waals surface area contributed by atoms with Crippen LogP contribution in [0.15, 0.2) is 18.2 Å². The van der Waals surface area contributed by atoms with E-state index >= 15 is 0 Å². The second-order valence-electron chi connectivity index (χ2n) is 2.39. The van der Waals surface area contributed by atoms with Gasteiger partial charge in [-0.05, 0) is 30.2 Å². The lowest BCUT2D eigenvalue weighted by atomic mass is 10.1. The molecule has 0 nitrogen and oxygen atoms in total. The molecule has 0 spiro atoms. The SMILES string of the molecule is Cc1ccc([Si]Cl)cc1C. The molecule has 0 aliphatic rings. The zero-order valence-electron chi connectivity index (χ0n) is 6.11. The third-order valence-electron chi connectivity index (χ3n) is 1.62. The summed E-state index contributed by atoms with van der Waals surface area (Å²) in [5, 5.41) is 1.23. The van der Waals surface area contributed by atoms with Crippen molar-refractivity contribution in [3.05, 3.63) is 29.3 Å². The number of hydrogen-bond donors (Lipinski definition) is 0. The Labute approximate surface area is 68.7 Å². The second kappa shape index (κ2) is 3.22. The molecule has 2 radical (unpaired) electrons. The summed E-state index contributed by atoms with van der Waals surface area (Å²) >= 11 is 5.68. The normalized spacial score (nSPS) is 9.90. The van der Waals surface area contributed by atoms with Gasteiger partial charge >= 0.3 is 0 Å². The van der Waals surface area contributed by atoms with Crippen molar-refractivity contribution in [1.29, 1.82) is 0 Å². The molecule has 0 N–H and O–H groups in total. The van der Waals surface area contributed by atoms with Crippen molar-refractivity contribution in [2.75, 3.05) is 0 Å². The van der Waals surface area contributed by atoms with Gasteiger partial charge in [0, 0.05) is 0 Å². The molecule has 0 aliphatic heterocycles. The minimum absolute atomic E-state index is 0.395. The van der Waals surface area contributed by atoms with E-state index in [0.29, 0.717) is 8.83 Å². The fourth-order valence-electron chi connectivity index (χ4n) is 0.800. The number of aryl methyl sites for hydroxylation is 2. The summed E-state index contributed by atoms with van der Waals surface area (Å²) in [4.78, 5) is 0. The largest absolute Gasteiger partial charge is 0.210 e. The second-order valence-corrected chi connectivity index (χ2v) is 3.73. The van der Waals surface area contributed by atoms with Crippen LogP contribution in [0.5, 0.6) is 0 Å². The Hall–Kier alpha value is -0.273. The number of benzene rings is 1. The molecule has 0 heterocycles. The maximum Gasteiger partial charge on any atom is 0.210 e. The lowest BCUT2D eigenvalue weighted by Gasteiger charge is -1.99. The summed E-state index contributed by atoms with van der Waals surface area (Å²) in [5.41, 5.74) is 2.66. The van der Waals surface area contributed by atoms with E-state index in [1.54, 1.807) is 0 Å². The maximum absolute atomic E-state index is 5.68. The van der Waals surface area contributed by atoms with Crippen LogP contribution in [0.1, 0.15) is 11.1 Å². The Kier molecular flexibility index (Phi) is 2.52. The average molecular weight is 169 g/mol.